The average molecular weight is 342 g/mol. The summed E-state index contributed by atoms with van der Waals surface area (Å²) in [4.78, 5) is 13.8. The van der Waals surface area contributed by atoms with Gasteiger partial charge in [-0.05, 0) is 50.8 Å². The second-order valence-corrected chi connectivity index (χ2v) is 7.67. The summed E-state index contributed by atoms with van der Waals surface area (Å²) < 4.78 is 24.1. The van der Waals surface area contributed by atoms with Crippen molar-refractivity contribution in [1.29, 1.82) is 0 Å². The molecule has 1 saturated heterocycles. The first kappa shape index (κ1) is 16.4. The zero-order valence-corrected chi connectivity index (χ0v) is 14.3. The molecule has 1 aliphatic heterocycles. The summed E-state index contributed by atoms with van der Waals surface area (Å²) in [5.74, 6) is 1.47. The second-order valence-electron chi connectivity index (χ2n) is 7.26. The number of carbonyl (C=O) groups is 1. The number of ether oxygens (including phenoxy) is 2. The Hall–Kier alpha value is -1.49. The van der Waals surface area contributed by atoms with Crippen LogP contribution in [0.2, 0.25) is 5.02 Å². The molecule has 0 bridgehead atoms. The molecule has 126 valence electrons. The molecule has 4 nitrogen and oxygen atoms in total. The van der Waals surface area contributed by atoms with Crippen molar-refractivity contribution >= 4 is 17.7 Å². The molecule has 1 saturated carbocycles. The summed E-state index contributed by atoms with van der Waals surface area (Å²) >= 11 is 5.95. The zero-order valence-electron chi connectivity index (χ0n) is 13.5. The van der Waals surface area contributed by atoms with Crippen molar-refractivity contribution in [2.24, 2.45) is 17.8 Å². The number of hydrogen-bond donors (Lipinski definition) is 0. The lowest BCUT2D eigenvalue weighted by Crippen LogP contribution is -2.37. The van der Waals surface area contributed by atoms with E-state index in [1.807, 2.05) is 20.8 Å². The van der Waals surface area contributed by atoms with E-state index >= 15 is 0 Å². The minimum absolute atomic E-state index is 0.244. The number of rotatable bonds is 3. The Balaban J connectivity index is 1.46. The van der Waals surface area contributed by atoms with Crippen LogP contribution in [0.1, 0.15) is 20.8 Å². The molecular weight excluding hydrogens is 321 g/mol. The first-order valence-electron chi connectivity index (χ1n) is 7.80. The van der Waals surface area contributed by atoms with Crippen LogP contribution >= 0.6 is 11.6 Å². The monoisotopic (exact) mass is 341 g/mol. The number of fused-ring (bicyclic) bond motifs is 1. The van der Waals surface area contributed by atoms with E-state index in [0.717, 1.165) is 0 Å². The first-order chi connectivity index (χ1) is 10.7. The van der Waals surface area contributed by atoms with Gasteiger partial charge in [0.15, 0.2) is 0 Å². The fourth-order valence-corrected chi connectivity index (χ4v) is 3.37. The average Bonchev–Trinajstić information content (AvgIpc) is 2.88. The van der Waals surface area contributed by atoms with Crippen LogP contribution in [0.15, 0.2) is 18.2 Å². The van der Waals surface area contributed by atoms with E-state index in [-0.39, 0.29) is 16.9 Å². The van der Waals surface area contributed by atoms with Gasteiger partial charge in [0.1, 0.15) is 17.2 Å². The summed E-state index contributed by atoms with van der Waals surface area (Å²) in [6.45, 7) is 7.57. The fraction of sp³-hybridized carbons (Fsp3) is 0.588. The molecule has 1 aromatic carbocycles. The van der Waals surface area contributed by atoms with E-state index in [1.165, 1.54) is 12.1 Å². The topological polar surface area (TPSA) is 38.8 Å². The van der Waals surface area contributed by atoms with Gasteiger partial charge in [-0.15, -0.1) is 0 Å². The maximum Gasteiger partial charge on any atom is 0.410 e. The third-order valence-electron chi connectivity index (χ3n) is 4.35. The zero-order chi connectivity index (χ0) is 16.8. The van der Waals surface area contributed by atoms with Gasteiger partial charge in [-0.25, -0.2) is 9.18 Å². The highest BCUT2D eigenvalue weighted by molar-refractivity contribution is 6.32. The Morgan fingerprint density at radius 1 is 1.35 bits per heavy atom. The maximum atomic E-state index is 13.0. The van der Waals surface area contributed by atoms with Crippen molar-refractivity contribution in [3.63, 3.8) is 0 Å². The van der Waals surface area contributed by atoms with E-state index in [2.05, 4.69) is 0 Å². The molecule has 23 heavy (non-hydrogen) atoms. The molecule has 1 unspecified atom stereocenters. The fourth-order valence-electron chi connectivity index (χ4n) is 3.15. The summed E-state index contributed by atoms with van der Waals surface area (Å²) in [5, 5.41) is 0.284. The predicted molar refractivity (Wildman–Crippen MR) is 85.2 cm³/mol. The molecule has 0 spiro atoms. The number of nitrogens with zero attached hydrogens (tertiary/aromatic N) is 1. The summed E-state index contributed by atoms with van der Waals surface area (Å²) in [6.07, 6.45) is -0.244. The molecule has 1 heterocycles. The van der Waals surface area contributed by atoms with Gasteiger partial charge < -0.3 is 14.4 Å². The molecule has 1 aliphatic carbocycles. The van der Waals surface area contributed by atoms with Crippen LogP contribution in [0.4, 0.5) is 9.18 Å². The highest BCUT2D eigenvalue weighted by Crippen LogP contribution is 2.52. The van der Waals surface area contributed by atoms with E-state index in [1.54, 1.807) is 11.0 Å². The number of likely N-dealkylation sites (tertiary alicyclic amines) is 1. The van der Waals surface area contributed by atoms with Crippen LogP contribution in [-0.2, 0) is 4.74 Å². The van der Waals surface area contributed by atoms with Crippen molar-refractivity contribution in [2.45, 2.75) is 26.4 Å². The van der Waals surface area contributed by atoms with Crippen molar-refractivity contribution in [3.8, 4) is 5.75 Å². The van der Waals surface area contributed by atoms with Crippen LogP contribution in [0.25, 0.3) is 0 Å². The van der Waals surface area contributed by atoms with E-state index in [0.29, 0.717) is 43.2 Å². The molecule has 1 amide bonds. The van der Waals surface area contributed by atoms with Gasteiger partial charge in [0.25, 0.3) is 0 Å². The maximum absolute atomic E-state index is 13.0. The van der Waals surface area contributed by atoms with E-state index in [9.17, 15) is 9.18 Å². The summed E-state index contributed by atoms with van der Waals surface area (Å²) in [7, 11) is 0. The Bertz CT molecular complexity index is 604. The molecule has 2 aliphatic rings. The number of carbonyl (C=O) groups excluding carboxylic acids is 1. The van der Waals surface area contributed by atoms with Gasteiger partial charge in [0, 0.05) is 19.0 Å². The Morgan fingerprint density at radius 3 is 2.57 bits per heavy atom. The largest absolute Gasteiger partial charge is 0.492 e. The van der Waals surface area contributed by atoms with Gasteiger partial charge >= 0.3 is 6.09 Å². The van der Waals surface area contributed by atoms with Crippen molar-refractivity contribution in [1.82, 2.24) is 4.90 Å². The number of benzene rings is 1. The highest BCUT2D eigenvalue weighted by atomic mass is 35.5. The Labute approximate surface area is 140 Å². The molecule has 3 rings (SSSR count). The van der Waals surface area contributed by atoms with Gasteiger partial charge in [-0.3, -0.25) is 0 Å². The molecule has 2 fully saturated rings. The van der Waals surface area contributed by atoms with Gasteiger partial charge in [-0.2, -0.15) is 0 Å². The third kappa shape index (κ3) is 3.71. The Morgan fingerprint density at radius 2 is 2.00 bits per heavy atom. The first-order valence-corrected chi connectivity index (χ1v) is 8.18. The van der Waals surface area contributed by atoms with E-state index in [4.69, 9.17) is 21.1 Å². The van der Waals surface area contributed by atoms with Gasteiger partial charge in [0.05, 0.1) is 11.6 Å². The van der Waals surface area contributed by atoms with Gasteiger partial charge in [0.2, 0.25) is 0 Å². The number of halogens is 2. The van der Waals surface area contributed by atoms with Crippen LogP contribution < -0.4 is 4.74 Å². The van der Waals surface area contributed by atoms with Crippen molar-refractivity contribution < 1.29 is 18.7 Å². The third-order valence-corrected chi connectivity index (χ3v) is 4.64. The number of amides is 1. The lowest BCUT2D eigenvalue weighted by molar-refractivity contribution is 0.0261. The van der Waals surface area contributed by atoms with Crippen LogP contribution in [0.5, 0.6) is 5.75 Å². The predicted octanol–water partition coefficient (Wildman–Crippen LogP) is 3.97. The van der Waals surface area contributed by atoms with Crippen molar-refractivity contribution in [2.75, 3.05) is 19.7 Å². The van der Waals surface area contributed by atoms with Gasteiger partial charge in [-0.1, -0.05) is 11.6 Å². The molecule has 6 heteroatoms. The minimum Gasteiger partial charge on any atom is -0.492 e. The van der Waals surface area contributed by atoms with Crippen LogP contribution in [-0.4, -0.2) is 36.3 Å². The van der Waals surface area contributed by atoms with Crippen molar-refractivity contribution in [3.05, 3.63) is 29.0 Å². The molecule has 3 atom stereocenters. The Kier molecular flexibility index (Phi) is 4.17. The molecular formula is C17H21ClFNO3. The normalized spacial score (nSPS) is 26.0. The summed E-state index contributed by atoms with van der Waals surface area (Å²) in [6, 6.07) is 4.12. The minimum atomic E-state index is -0.467. The van der Waals surface area contributed by atoms with Crippen LogP contribution in [0, 0.1) is 23.6 Å². The lowest BCUT2D eigenvalue weighted by Gasteiger charge is -2.25. The highest BCUT2D eigenvalue weighted by Gasteiger charge is 2.57. The standard InChI is InChI=1S/C17H21ClFNO3/c1-17(2,3)23-16(21)20-7-11-12(8-20)13(11)9-22-15-5-4-10(19)6-14(15)18/h4-6,11-13H,7-9H2,1-3H3/t11-,12+,13?. The SMILES string of the molecule is CC(C)(C)OC(=O)N1C[C@@H]2C(COc3ccc(F)cc3Cl)[C@@H]2C1. The second kappa shape index (κ2) is 5.86. The smallest absolute Gasteiger partial charge is 0.410 e. The molecule has 0 radical (unpaired) electrons. The number of hydrogen-bond acceptors (Lipinski definition) is 3. The quantitative estimate of drug-likeness (QED) is 0.835. The summed E-state index contributed by atoms with van der Waals surface area (Å²) in [5.41, 5.74) is -0.467. The van der Waals surface area contributed by atoms with E-state index < -0.39 is 5.60 Å². The molecule has 0 aromatic heterocycles. The van der Waals surface area contributed by atoms with Crippen LogP contribution in [0.3, 0.4) is 0 Å². The molecule has 0 N–H and O–H groups in total. The molecule has 1 aromatic rings. The number of piperidine rings is 1. The lowest BCUT2D eigenvalue weighted by atomic mass is 10.2.